The molecule has 3 aromatic rings. The molecule has 1 aliphatic rings. The highest BCUT2D eigenvalue weighted by Gasteiger charge is 2.26. The molecule has 33 heavy (non-hydrogen) atoms. The Kier molecular flexibility index (Phi) is 6.74. The molecule has 166 valence electrons. The SMILES string of the molecule is Cc1cc(C#N)cc(C)c1Oc1ccnc(N(c2cc(Cl)cc(C#N)c2)C2CCNCC2)n1. The average molecular weight is 459 g/mol. The topological polar surface area (TPSA) is 97.9 Å². The summed E-state index contributed by atoms with van der Waals surface area (Å²) in [5, 5.41) is 22.5. The van der Waals surface area contributed by atoms with Crippen LogP contribution in [0.3, 0.4) is 0 Å². The lowest BCUT2D eigenvalue weighted by Crippen LogP contribution is -2.41. The fourth-order valence-corrected chi connectivity index (χ4v) is 4.35. The average Bonchev–Trinajstić information content (AvgIpc) is 2.82. The van der Waals surface area contributed by atoms with Crippen molar-refractivity contribution in [3.63, 3.8) is 0 Å². The zero-order chi connectivity index (χ0) is 23.4. The lowest BCUT2D eigenvalue weighted by molar-refractivity contribution is 0.439. The van der Waals surface area contributed by atoms with Gasteiger partial charge in [-0.15, -0.1) is 0 Å². The van der Waals surface area contributed by atoms with E-state index in [1.54, 1.807) is 36.5 Å². The molecule has 1 aromatic heterocycles. The summed E-state index contributed by atoms with van der Waals surface area (Å²) >= 11 is 6.32. The molecule has 0 saturated carbocycles. The van der Waals surface area contributed by atoms with Gasteiger partial charge in [-0.05, 0) is 81.2 Å². The molecule has 2 aromatic carbocycles. The number of hydrogen-bond acceptors (Lipinski definition) is 7. The molecule has 2 heterocycles. The lowest BCUT2D eigenvalue weighted by atomic mass is 10.0. The second kappa shape index (κ2) is 9.87. The highest BCUT2D eigenvalue weighted by molar-refractivity contribution is 6.31. The van der Waals surface area contributed by atoms with Gasteiger partial charge in [0.1, 0.15) is 5.75 Å². The number of benzene rings is 2. The molecule has 0 radical (unpaired) electrons. The lowest BCUT2D eigenvalue weighted by Gasteiger charge is -2.35. The molecular formula is C25H23ClN6O. The number of ether oxygens (including phenoxy) is 1. The zero-order valence-corrected chi connectivity index (χ0v) is 19.2. The van der Waals surface area contributed by atoms with E-state index in [0.29, 0.717) is 33.7 Å². The maximum atomic E-state index is 9.44. The maximum absolute atomic E-state index is 9.44. The van der Waals surface area contributed by atoms with Crippen LogP contribution in [0.1, 0.15) is 35.1 Å². The molecule has 1 aliphatic heterocycles. The first kappa shape index (κ1) is 22.5. The minimum absolute atomic E-state index is 0.143. The first-order valence-corrected chi connectivity index (χ1v) is 11.1. The molecule has 8 heteroatoms. The summed E-state index contributed by atoms with van der Waals surface area (Å²) in [5.41, 5.74) is 3.56. The smallest absolute Gasteiger partial charge is 0.233 e. The second-order valence-electron chi connectivity index (χ2n) is 8.01. The van der Waals surface area contributed by atoms with E-state index in [2.05, 4.69) is 22.4 Å². The molecule has 1 fully saturated rings. The van der Waals surface area contributed by atoms with Gasteiger partial charge in [0.25, 0.3) is 0 Å². The molecule has 0 atom stereocenters. The van der Waals surface area contributed by atoms with Crippen molar-refractivity contribution >= 4 is 23.2 Å². The van der Waals surface area contributed by atoms with E-state index in [-0.39, 0.29) is 6.04 Å². The Balaban J connectivity index is 1.74. The van der Waals surface area contributed by atoms with Crippen LogP contribution in [-0.2, 0) is 0 Å². The highest BCUT2D eigenvalue weighted by Crippen LogP contribution is 2.34. The van der Waals surface area contributed by atoms with E-state index in [1.165, 1.54) is 0 Å². The number of halogens is 1. The Hall–Kier alpha value is -3.65. The van der Waals surface area contributed by atoms with Crippen molar-refractivity contribution in [1.82, 2.24) is 15.3 Å². The molecule has 1 saturated heterocycles. The molecule has 0 unspecified atom stereocenters. The minimum Gasteiger partial charge on any atom is -0.438 e. The van der Waals surface area contributed by atoms with Crippen LogP contribution in [-0.4, -0.2) is 29.1 Å². The molecule has 0 bridgehead atoms. The Labute approximate surface area is 198 Å². The van der Waals surface area contributed by atoms with Gasteiger partial charge >= 0.3 is 0 Å². The Bertz CT molecular complexity index is 1230. The van der Waals surface area contributed by atoms with Crippen molar-refractivity contribution in [2.75, 3.05) is 18.0 Å². The monoisotopic (exact) mass is 458 g/mol. The number of nitrogens with one attached hydrogen (secondary N) is 1. The first-order valence-electron chi connectivity index (χ1n) is 10.7. The first-order chi connectivity index (χ1) is 16.0. The van der Waals surface area contributed by atoms with Gasteiger partial charge in [-0.3, -0.25) is 0 Å². The van der Waals surface area contributed by atoms with E-state index in [0.717, 1.165) is 42.7 Å². The van der Waals surface area contributed by atoms with Crippen molar-refractivity contribution < 1.29 is 4.74 Å². The highest BCUT2D eigenvalue weighted by atomic mass is 35.5. The number of piperidine rings is 1. The molecule has 1 N–H and O–H groups in total. The summed E-state index contributed by atoms with van der Waals surface area (Å²) in [6.45, 7) is 5.57. The number of aryl methyl sites for hydroxylation is 2. The van der Waals surface area contributed by atoms with E-state index in [4.69, 9.17) is 21.3 Å². The van der Waals surface area contributed by atoms with Crippen molar-refractivity contribution in [2.24, 2.45) is 0 Å². The van der Waals surface area contributed by atoms with Gasteiger partial charge in [0.2, 0.25) is 11.8 Å². The third kappa shape index (κ3) is 5.06. The summed E-state index contributed by atoms with van der Waals surface area (Å²) in [6.07, 6.45) is 3.46. The fourth-order valence-electron chi connectivity index (χ4n) is 4.12. The third-order valence-corrected chi connectivity index (χ3v) is 5.81. The predicted octanol–water partition coefficient (Wildman–Crippen LogP) is 5.17. The molecule has 4 rings (SSSR count). The van der Waals surface area contributed by atoms with Crippen LogP contribution >= 0.6 is 11.6 Å². The van der Waals surface area contributed by atoms with Crippen molar-refractivity contribution in [1.29, 1.82) is 10.5 Å². The van der Waals surface area contributed by atoms with Crippen LogP contribution < -0.4 is 15.0 Å². The molecule has 0 aliphatic carbocycles. The standard InChI is InChI=1S/C25H23ClN6O/c1-16-9-18(14-27)10-17(2)24(16)33-23-5-8-30-25(31-23)32(21-3-6-29-7-4-21)22-12-19(15-28)11-20(26)13-22/h5,8-13,21,29H,3-4,6-7H2,1-2H3. The number of nitrogens with zero attached hydrogens (tertiary/aromatic N) is 5. The summed E-state index contributed by atoms with van der Waals surface area (Å²) in [7, 11) is 0. The van der Waals surface area contributed by atoms with Crippen LogP contribution in [0.4, 0.5) is 11.6 Å². The molecule has 0 amide bonds. The van der Waals surface area contributed by atoms with Gasteiger partial charge < -0.3 is 15.0 Å². The van der Waals surface area contributed by atoms with Crippen LogP contribution in [0, 0.1) is 36.5 Å². The normalized spacial score (nSPS) is 13.7. The second-order valence-corrected chi connectivity index (χ2v) is 8.45. The van der Waals surface area contributed by atoms with E-state index >= 15 is 0 Å². The molecule has 0 spiro atoms. The van der Waals surface area contributed by atoms with Crippen LogP contribution in [0.15, 0.2) is 42.6 Å². The van der Waals surface area contributed by atoms with E-state index in [9.17, 15) is 10.5 Å². The van der Waals surface area contributed by atoms with Crippen molar-refractivity contribution in [3.05, 3.63) is 69.9 Å². The number of nitriles is 2. The number of anilines is 2. The minimum atomic E-state index is 0.143. The Morgan fingerprint density at radius 3 is 2.36 bits per heavy atom. The largest absolute Gasteiger partial charge is 0.438 e. The Morgan fingerprint density at radius 2 is 1.70 bits per heavy atom. The fraction of sp³-hybridized carbons (Fsp3) is 0.280. The van der Waals surface area contributed by atoms with Crippen LogP contribution in [0.2, 0.25) is 5.02 Å². The third-order valence-electron chi connectivity index (χ3n) is 5.59. The molecular weight excluding hydrogens is 436 g/mol. The van der Waals surface area contributed by atoms with E-state index < -0.39 is 0 Å². The van der Waals surface area contributed by atoms with Gasteiger partial charge in [-0.2, -0.15) is 15.5 Å². The number of aromatic nitrogens is 2. The van der Waals surface area contributed by atoms with Gasteiger partial charge in [0.05, 0.1) is 23.3 Å². The summed E-state index contributed by atoms with van der Waals surface area (Å²) in [5.74, 6) is 1.55. The van der Waals surface area contributed by atoms with Crippen LogP contribution in [0.5, 0.6) is 11.6 Å². The molecule has 7 nitrogen and oxygen atoms in total. The Morgan fingerprint density at radius 1 is 1.03 bits per heavy atom. The number of rotatable bonds is 5. The number of hydrogen-bond donors (Lipinski definition) is 1. The van der Waals surface area contributed by atoms with Gasteiger partial charge in [-0.25, -0.2) is 4.98 Å². The van der Waals surface area contributed by atoms with E-state index in [1.807, 2.05) is 24.8 Å². The quantitative estimate of drug-likeness (QED) is 0.562. The summed E-state index contributed by atoms with van der Waals surface area (Å²) in [6, 6.07) is 15.1. The van der Waals surface area contributed by atoms with Gasteiger partial charge in [0, 0.05) is 29.0 Å². The van der Waals surface area contributed by atoms with Crippen molar-refractivity contribution in [2.45, 2.75) is 32.7 Å². The summed E-state index contributed by atoms with van der Waals surface area (Å²) < 4.78 is 6.14. The van der Waals surface area contributed by atoms with Gasteiger partial charge in [0.15, 0.2) is 0 Å². The summed E-state index contributed by atoms with van der Waals surface area (Å²) in [4.78, 5) is 11.3. The van der Waals surface area contributed by atoms with Crippen LogP contribution in [0.25, 0.3) is 0 Å². The van der Waals surface area contributed by atoms with Crippen molar-refractivity contribution in [3.8, 4) is 23.8 Å². The maximum Gasteiger partial charge on any atom is 0.233 e. The predicted molar refractivity (Wildman–Crippen MR) is 127 cm³/mol. The van der Waals surface area contributed by atoms with Gasteiger partial charge in [-0.1, -0.05) is 11.6 Å². The zero-order valence-electron chi connectivity index (χ0n) is 18.5.